The predicted octanol–water partition coefficient (Wildman–Crippen LogP) is 3.81. The van der Waals surface area contributed by atoms with Crippen LogP contribution in [0.25, 0.3) is 0 Å². The lowest BCUT2D eigenvalue weighted by Gasteiger charge is -2.06. The molecule has 0 saturated carbocycles. The lowest BCUT2D eigenvalue weighted by atomic mass is 10.1. The molecule has 1 rings (SSSR count). The molecule has 0 fully saturated rings. The third-order valence-electron chi connectivity index (χ3n) is 2.60. The van der Waals surface area contributed by atoms with Crippen LogP contribution in [0, 0.1) is 6.92 Å². The van der Waals surface area contributed by atoms with E-state index in [1.807, 2.05) is 31.2 Å². The van der Waals surface area contributed by atoms with Crippen molar-refractivity contribution >= 4 is 0 Å². The first-order chi connectivity index (χ1) is 8.86. The fraction of sp³-hybridized carbons (Fsp3) is 0.438. The lowest BCUT2D eigenvalue weighted by molar-refractivity contribution is 0.138. The maximum atomic E-state index is 5.66. The van der Waals surface area contributed by atoms with Crippen molar-refractivity contribution < 1.29 is 9.47 Å². The van der Waals surface area contributed by atoms with Gasteiger partial charge < -0.3 is 9.47 Å². The SMILES string of the molecule is [CH2]C=CCc1ccc(OCCCCOCC)cc1. The highest BCUT2D eigenvalue weighted by Gasteiger charge is 1.95. The third kappa shape index (κ3) is 6.45. The summed E-state index contributed by atoms with van der Waals surface area (Å²) in [5.74, 6) is 0.939. The van der Waals surface area contributed by atoms with Gasteiger partial charge in [0, 0.05) is 13.2 Å². The van der Waals surface area contributed by atoms with Crippen LogP contribution in [0.4, 0.5) is 0 Å². The van der Waals surface area contributed by atoms with Gasteiger partial charge in [0.1, 0.15) is 5.75 Å². The molecule has 0 amide bonds. The van der Waals surface area contributed by atoms with Crippen LogP contribution in [0.3, 0.4) is 0 Å². The smallest absolute Gasteiger partial charge is 0.119 e. The average Bonchev–Trinajstić information content (AvgIpc) is 2.42. The van der Waals surface area contributed by atoms with Crippen molar-refractivity contribution in [2.24, 2.45) is 0 Å². The minimum Gasteiger partial charge on any atom is -0.494 e. The summed E-state index contributed by atoms with van der Waals surface area (Å²) in [6, 6.07) is 8.23. The third-order valence-corrected chi connectivity index (χ3v) is 2.60. The number of unbranched alkanes of at least 4 members (excludes halogenated alkanes) is 1. The first kappa shape index (κ1) is 14.8. The molecule has 2 heteroatoms. The van der Waals surface area contributed by atoms with Crippen LogP contribution < -0.4 is 4.74 Å². The van der Waals surface area contributed by atoms with Gasteiger partial charge in [-0.1, -0.05) is 24.3 Å². The van der Waals surface area contributed by atoms with Gasteiger partial charge in [-0.2, -0.15) is 0 Å². The maximum Gasteiger partial charge on any atom is 0.119 e. The van der Waals surface area contributed by atoms with Crippen molar-refractivity contribution in [1.82, 2.24) is 0 Å². The largest absolute Gasteiger partial charge is 0.494 e. The Labute approximate surface area is 111 Å². The van der Waals surface area contributed by atoms with Gasteiger partial charge in [-0.05, 0) is 50.8 Å². The van der Waals surface area contributed by atoms with Crippen LogP contribution in [0.2, 0.25) is 0 Å². The lowest BCUT2D eigenvalue weighted by Crippen LogP contribution is -2.00. The minimum atomic E-state index is 0.755. The first-order valence-electron chi connectivity index (χ1n) is 6.60. The minimum absolute atomic E-state index is 0.755. The molecule has 99 valence electrons. The highest BCUT2D eigenvalue weighted by atomic mass is 16.5. The number of hydrogen-bond donors (Lipinski definition) is 0. The van der Waals surface area contributed by atoms with E-state index in [2.05, 4.69) is 19.1 Å². The van der Waals surface area contributed by atoms with E-state index in [9.17, 15) is 0 Å². The molecule has 1 aromatic carbocycles. The molecule has 18 heavy (non-hydrogen) atoms. The summed E-state index contributed by atoms with van der Waals surface area (Å²) in [6.07, 6.45) is 6.89. The number of allylic oxidation sites excluding steroid dienone is 2. The molecular formula is C16H23O2. The van der Waals surface area contributed by atoms with Crippen LogP contribution in [0.5, 0.6) is 5.75 Å². The Kier molecular flexibility index (Phi) is 7.98. The molecule has 0 aliphatic carbocycles. The summed E-state index contributed by atoms with van der Waals surface area (Å²) in [5, 5.41) is 0. The van der Waals surface area contributed by atoms with E-state index in [0.29, 0.717) is 0 Å². The average molecular weight is 247 g/mol. The number of ether oxygens (including phenoxy) is 2. The topological polar surface area (TPSA) is 18.5 Å². The van der Waals surface area contributed by atoms with Gasteiger partial charge >= 0.3 is 0 Å². The molecule has 0 N–H and O–H groups in total. The van der Waals surface area contributed by atoms with E-state index < -0.39 is 0 Å². The van der Waals surface area contributed by atoms with Crippen LogP contribution >= 0.6 is 0 Å². The Morgan fingerprint density at radius 2 is 1.83 bits per heavy atom. The summed E-state index contributed by atoms with van der Waals surface area (Å²) >= 11 is 0. The Morgan fingerprint density at radius 1 is 1.11 bits per heavy atom. The first-order valence-corrected chi connectivity index (χ1v) is 6.60. The molecule has 0 saturated heterocycles. The van der Waals surface area contributed by atoms with Crippen LogP contribution in [0.15, 0.2) is 36.4 Å². The Balaban J connectivity index is 2.18. The molecule has 0 heterocycles. The van der Waals surface area contributed by atoms with Crippen molar-refractivity contribution in [2.45, 2.75) is 26.2 Å². The van der Waals surface area contributed by atoms with E-state index >= 15 is 0 Å². The van der Waals surface area contributed by atoms with Crippen molar-refractivity contribution in [3.05, 3.63) is 48.9 Å². The Bertz CT molecular complexity index is 327. The fourth-order valence-corrected chi connectivity index (χ4v) is 1.58. The molecule has 0 bridgehead atoms. The molecule has 0 aliphatic heterocycles. The summed E-state index contributed by atoms with van der Waals surface area (Å²) in [4.78, 5) is 0. The quantitative estimate of drug-likeness (QED) is 0.618. The van der Waals surface area contributed by atoms with Crippen molar-refractivity contribution in [1.29, 1.82) is 0 Å². The zero-order valence-corrected chi connectivity index (χ0v) is 11.2. The molecule has 1 radical (unpaired) electrons. The van der Waals surface area contributed by atoms with Gasteiger partial charge in [-0.15, -0.1) is 0 Å². The second kappa shape index (κ2) is 9.72. The molecule has 0 spiro atoms. The zero-order valence-electron chi connectivity index (χ0n) is 11.2. The molecule has 0 unspecified atom stereocenters. The van der Waals surface area contributed by atoms with Gasteiger partial charge in [0.05, 0.1) is 6.61 Å². The second-order valence-corrected chi connectivity index (χ2v) is 4.07. The normalized spacial score (nSPS) is 11.0. The summed E-state index contributed by atoms with van der Waals surface area (Å²) in [6.45, 7) is 8.07. The predicted molar refractivity (Wildman–Crippen MR) is 75.9 cm³/mol. The van der Waals surface area contributed by atoms with E-state index in [0.717, 1.165) is 44.8 Å². The highest BCUT2D eigenvalue weighted by molar-refractivity contribution is 5.28. The van der Waals surface area contributed by atoms with Crippen LogP contribution in [-0.4, -0.2) is 19.8 Å². The molecule has 0 aliphatic rings. The van der Waals surface area contributed by atoms with Gasteiger partial charge in [-0.3, -0.25) is 0 Å². The van der Waals surface area contributed by atoms with Crippen molar-refractivity contribution in [3.63, 3.8) is 0 Å². The number of rotatable bonds is 9. The van der Waals surface area contributed by atoms with E-state index in [1.54, 1.807) is 0 Å². The summed E-state index contributed by atoms with van der Waals surface area (Å²) < 4.78 is 10.9. The summed E-state index contributed by atoms with van der Waals surface area (Å²) in [7, 11) is 0. The fourth-order valence-electron chi connectivity index (χ4n) is 1.58. The second-order valence-electron chi connectivity index (χ2n) is 4.07. The Hall–Kier alpha value is -1.28. The van der Waals surface area contributed by atoms with Crippen LogP contribution in [-0.2, 0) is 11.2 Å². The standard InChI is InChI=1S/C16H23O2/c1-3-5-8-15-9-11-16(12-10-15)18-14-7-6-13-17-4-2/h3,5,9-12H,1,4,6-8,13-14H2,2H3. The molecular weight excluding hydrogens is 224 g/mol. The van der Waals surface area contributed by atoms with Crippen molar-refractivity contribution in [3.8, 4) is 5.75 Å². The van der Waals surface area contributed by atoms with E-state index in [1.165, 1.54) is 5.56 Å². The van der Waals surface area contributed by atoms with Crippen molar-refractivity contribution in [2.75, 3.05) is 19.8 Å². The monoisotopic (exact) mass is 247 g/mol. The molecule has 0 atom stereocenters. The highest BCUT2D eigenvalue weighted by Crippen LogP contribution is 2.13. The number of benzene rings is 1. The van der Waals surface area contributed by atoms with E-state index in [4.69, 9.17) is 9.47 Å². The Morgan fingerprint density at radius 3 is 2.50 bits per heavy atom. The molecule has 2 nitrogen and oxygen atoms in total. The zero-order chi connectivity index (χ0) is 13.1. The van der Waals surface area contributed by atoms with Gasteiger partial charge in [0.25, 0.3) is 0 Å². The maximum absolute atomic E-state index is 5.66. The van der Waals surface area contributed by atoms with Gasteiger partial charge in [0.2, 0.25) is 0 Å². The van der Waals surface area contributed by atoms with Gasteiger partial charge in [0.15, 0.2) is 0 Å². The van der Waals surface area contributed by atoms with Gasteiger partial charge in [-0.25, -0.2) is 0 Å². The number of hydrogen-bond acceptors (Lipinski definition) is 2. The van der Waals surface area contributed by atoms with Crippen LogP contribution in [0.1, 0.15) is 25.3 Å². The molecule has 0 aromatic heterocycles. The van der Waals surface area contributed by atoms with E-state index in [-0.39, 0.29) is 0 Å². The summed E-state index contributed by atoms with van der Waals surface area (Å²) in [5.41, 5.74) is 1.28. The molecule has 1 aromatic rings.